The van der Waals surface area contributed by atoms with Crippen molar-refractivity contribution in [2.45, 2.75) is 19.7 Å². The maximum Gasteiger partial charge on any atom is 0.416 e. The van der Waals surface area contributed by atoms with E-state index in [1.165, 1.54) is 12.1 Å². The molecule has 1 fully saturated rings. The summed E-state index contributed by atoms with van der Waals surface area (Å²) in [5, 5.41) is 2.28. The molecule has 0 atom stereocenters. The molecule has 0 radical (unpaired) electrons. The Bertz CT molecular complexity index is 1530. The van der Waals surface area contributed by atoms with Gasteiger partial charge in [-0.05, 0) is 66.6 Å². The van der Waals surface area contributed by atoms with Crippen LogP contribution in [0.2, 0.25) is 15.1 Å². The predicted molar refractivity (Wildman–Crippen MR) is 144 cm³/mol. The number of benzene rings is 3. The number of carbonyl (C=O) groups is 3. The van der Waals surface area contributed by atoms with Crippen molar-refractivity contribution in [1.29, 1.82) is 0 Å². The molecule has 1 aliphatic heterocycles. The fourth-order valence-corrected chi connectivity index (χ4v) is 4.32. The Morgan fingerprint density at radius 3 is 2.27 bits per heavy atom. The molecule has 0 unspecified atom stereocenters. The van der Waals surface area contributed by atoms with E-state index in [1.807, 2.05) is 5.32 Å². The van der Waals surface area contributed by atoms with E-state index in [1.54, 1.807) is 31.2 Å². The van der Waals surface area contributed by atoms with Crippen LogP contribution in [-0.4, -0.2) is 24.5 Å². The van der Waals surface area contributed by atoms with Gasteiger partial charge in [0.2, 0.25) is 0 Å². The molecule has 13 heteroatoms. The number of rotatable bonds is 7. The topological polar surface area (TPSA) is 84.9 Å². The Labute approximate surface area is 241 Å². The van der Waals surface area contributed by atoms with Crippen molar-refractivity contribution >= 4 is 64.4 Å². The Morgan fingerprint density at radius 2 is 1.62 bits per heavy atom. The SMILES string of the molecule is CCOc1cc(/C=C2/C(=O)NC(=O)N(c3cc(C(F)(F)F)ccc3Cl)C2=O)cc(Cl)c1OCc1ccc(Cl)cc1. The number of urea groups is 1. The number of alkyl halides is 3. The number of nitrogens with zero attached hydrogens (tertiary/aromatic N) is 1. The summed E-state index contributed by atoms with van der Waals surface area (Å²) in [6, 6.07) is 10.7. The molecule has 3 aromatic rings. The van der Waals surface area contributed by atoms with Crippen molar-refractivity contribution in [2.75, 3.05) is 11.5 Å². The number of anilines is 1. The van der Waals surface area contributed by atoms with Crippen molar-refractivity contribution in [3.63, 3.8) is 0 Å². The molecule has 4 amide bonds. The van der Waals surface area contributed by atoms with Crippen LogP contribution in [0, 0.1) is 0 Å². The van der Waals surface area contributed by atoms with Crippen LogP contribution < -0.4 is 19.7 Å². The zero-order valence-electron chi connectivity index (χ0n) is 20.4. The Balaban J connectivity index is 1.69. The maximum absolute atomic E-state index is 13.3. The quantitative estimate of drug-likeness (QED) is 0.223. The average molecular weight is 614 g/mol. The van der Waals surface area contributed by atoms with E-state index < -0.39 is 40.8 Å². The summed E-state index contributed by atoms with van der Waals surface area (Å²) in [6.45, 7) is 2.08. The van der Waals surface area contributed by atoms with Crippen molar-refractivity contribution < 1.29 is 37.0 Å². The fraction of sp³-hybridized carbons (Fsp3) is 0.148. The number of imide groups is 2. The Kier molecular flexibility index (Phi) is 8.62. The summed E-state index contributed by atoms with van der Waals surface area (Å²) in [6.07, 6.45) is -3.65. The number of barbiturate groups is 1. The van der Waals surface area contributed by atoms with Crippen molar-refractivity contribution in [1.82, 2.24) is 5.32 Å². The minimum atomic E-state index is -4.77. The van der Waals surface area contributed by atoms with Gasteiger partial charge in [-0.2, -0.15) is 13.2 Å². The van der Waals surface area contributed by atoms with Crippen LogP contribution in [0.4, 0.5) is 23.7 Å². The molecule has 0 aromatic heterocycles. The highest BCUT2D eigenvalue weighted by atomic mass is 35.5. The van der Waals surface area contributed by atoms with Crippen LogP contribution in [0.5, 0.6) is 11.5 Å². The lowest BCUT2D eigenvalue weighted by atomic mass is 10.1. The molecule has 1 saturated heterocycles. The van der Waals surface area contributed by atoms with Gasteiger partial charge in [-0.25, -0.2) is 9.69 Å². The van der Waals surface area contributed by atoms with Crippen molar-refractivity contribution in [2.24, 2.45) is 0 Å². The number of nitrogens with one attached hydrogen (secondary N) is 1. The minimum Gasteiger partial charge on any atom is -0.490 e. The first-order valence-corrected chi connectivity index (χ1v) is 12.6. The van der Waals surface area contributed by atoms with Gasteiger partial charge in [0, 0.05) is 5.02 Å². The summed E-state index contributed by atoms with van der Waals surface area (Å²) >= 11 is 18.4. The molecular formula is C27H18Cl3F3N2O5. The van der Waals surface area contributed by atoms with Crippen molar-refractivity contribution in [3.8, 4) is 11.5 Å². The van der Waals surface area contributed by atoms with Gasteiger partial charge in [-0.3, -0.25) is 14.9 Å². The van der Waals surface area contributed by atoms with E-state index >= 15 is 0 Å². The van der Waals surface area contributed by atoms with Gasteiger partial charge < -0.3 is 9.47 Å². The molecule has 1 heterocycles. The smallest absolute Gasteiger partial charge is 0.416 e. The van der Waals surface area contributed by atoms with E-state index in [9.17, 15) is 27.6 Å². The van der Waals surface area contributed by atoms with Gasteiger partial charge >= 0.3 is 12.2 Å². The van der Waals surface area contributed by atoms with Gasteiger partial charge in [0.15, 0.2) is 11.5 Å². The number of hydrogen-bond donors (Lipinski definition) is 1. The lowest BCUT2D eigenvalue weighted by Crippen LogP contribution is -2.54. The molecule has 0 saturated carbocycles. The second kappa shape index (κ2) is 11.8. The molecule has 0 bridgehead atoms. The predicted octanol–water partition coefficient (Wildman–Crippen LogP) is 7.31. The molecular weight excluding hydrogens is 596 g/mol. The van der Waals surface area contributed by atoms with Gasteiger partial charge in [-0.15, -0.1) is 0 Å². The number of amides is 4. The van der Waals surface area contributed by atoms with Crippen LogP contribution in [0.3, 0.4) is 0 Å². The van der Waals surface area contributed by atoms with Crippen LogP contribution >= 0.6 is 34.8 Å². The van der Waals surface area contributed by atoms with Gasteiger partial charge in [0.05, 0.1) is 27.9 Å². The van der Waals surface area contributed by atoms with Gasteiger partial charge in [-0.1, -0.05) is 46.9 Å². The average Bonchev–Trinajstić information content (AvgIpc) is 2.87. The Morgan fingerprint density at radius 1 is 0.925 bits per heavy atom. The number of halogens is 6. The summed E-state index contributed by atoms with van der Waals surface area (Å²) < 4.78 is 51.3. The standard InChI is InChI=1S/C27H18Cl3F3N2O5/c1-2-39-22-11-15(10-20(30)23(22)40-13-14-3-6-17(28)7-4-14)9-18-24(36)34-26(38)35(25(18)37)21-12-16(27(31,32)33)5-8-19(21)29/h3-12H,2,13H2,1H3,(H,34,36,38)/b18-9-. The van der Waals surface area contributed by atoms with E-state index in [-0.39, 0.29) is 40.3 Å². The zero-order chi connectivity index (χ0) is 29.2. The van der Waals surface area contributed by atoms with Crippen molar-refractivity contribution in [3.05, 3.63) is 91.9 Å². The second-order valence-electron chi connectivity index (χ2n) is 8.30. The molecule has 0 spiro atoms. The van der Waals surface area contributed by atoms with E-state index in [2.05, 4.69) is 0 Å². The van der Waals surface area contributed by atoms with E-state index in [0.29, 0.717) is 22.1 Å². The van der Waals surface area contributed by atoms with Crippen LogP contribution in [-0.2, 0) is 22.4 Å². The molecule has 4 rings (SSSR count). The molecule has 7 nitrogen and oxygen atoms in total. The second-order valence-corrected chi connectivity index (χ2v) is 9.55. The molecule has 3 aromatic carbocycles. The molecule has 1 N–H and O–H groups in total. The summed E-state index contributed by atoms with van der Waals surface area (Å²) in [4.78, 5) is 38.7. The van der Waals surface area contributed by atoms with Crippen LogP contribution in [0.25, 0.3) is 6.08 Å². The number of ether oxygens (including phenoxy) is 2. The highest BCUT2D eigenvalue weighted by Crippen LogP contribution is 2.39. The van der Waals surface area contributed by atoms with Gasteiger partial charge in [0.25, 0.3) is 11.8 Å². The summed E-state index contributed by atoms with van der Waals surface area (Å²) in [5.41, 5.74) is -1.22. The third-order valence-electron chi connectivity index (χ3n) is 5.56. The fourth-order valence-electron chi connectivity index (χ4n) is 3.71. The number of carbonyl (C=O) groups excluding carboxylic acids is 3. The minimum absolute atomic E-state index is 0.0873. The van der Waals surface area contributed by atoms with E-state index in [4.69, 9.17) is 44.3 Å². The van der Waals surface area contributed by atoms with E-state index in [0.717, 1.165) is 17.7 Å². The summed E-state index contributed by atoms with van der Waals surface area (Å²) in [7, 11) is 0. The summed E-state index contributed by atoms with van der Waals surface area (Å²) in [5.74, 6) is -1.85. The number of hydrogen-bond acceptors (Lipinski definition) is 5. The van der Waals surface area contributed by atoms with Crippen LogP contribution in [0.15, 0.2) is 60.2 Å². The highest BCUT2D eigenvalue weighted by molar-refractivity contribution is 6.42. The highest BCUT2D eigenvalue weighted by Gasteiger charge is 2.39. The lowest BCUT2D eigenvalue weighted by Gasteiger charge is -2.27. The first-order chi connectivity index (χ1) is 18.9. The van der Waals surface area contributed by atoms with Crippen LogP contribution in [0.1, 0.15) is 23.6 Å². The molecule has 0 aliphatic carbocycles. The largest absolute Gasteiger partial charge is 0.490 e. The lowest BCUT2D eigenvalue weighted by molar-refractivity contribution is -0.137. The normalized spacial score (nSPS) is 14.9. The monoisotopic (exact) mass is 612 g/mol. The molecule has 208 valence electrons. The molecule has 40 heavy (non-hydrogen) atoms. The Hall–Kier alpha value is -3.73. The first-order valence-electron chi connectivity index (χ1n) is 11.5. The zero-order valence-corrected chi connectivity index (χ0v) is 22.7. The third kappa shape index (κ3) is 6.35. The van der Waals surface area contributed by atoms with Gasteiger partial charge in [0.1, 0.15) is 12.2 Å². The maximum atomic E-state index is 13.3. The third-order valence-corrected chi connectivity index (χ3v) is 6.41. The first kappa shape index (κ1) is 29.3. The molecule has 1 aliphatic rings.